The second kappa shape index (κ2) is 5.59. The van der Waals surface area contributed by atoms with Crippen molar-refractivity contribution in [3.8, 4) is 0 Å². The van der Waals surface area contributed by atoms with E-state index in [0.717, 1.165) is 24.6 Å². The van der Waals surface area contributed by atoms with Crippen molar-refractivity contribution in [2.45, 2.75) is 26.8 Å². The zero-order valence-electron chi connectivity index (χ0n) is 11.9. The Morgan fingerprint density at radius 2 is 2.05 bits per heavy atom. The number of hydrogen-bond donors (Lipinski definition) is 1. The fraction of sp³-hybridized carbons (Fsp3) is 0.533. The average Bonchev–Trinajstić information content (AvgIpc) is 2.73. The van der Waals surface area contributed by atoms with E-state index >= 15 is 0 Å². The third-order valence-electron chi connectivity index (χ3n) is 3.55. The number of nitrogens with zero attached hydrogens (tertiary/aromatic N) is 2. The number of rotatable bonds is 2. The number of benzene rings is 1. The number of guanidine groups is 1. The summed E-state index contributed by atoms with van der Waals surface area (Å²) in [5, 5.41) is 3.34. The van der Waals surface area contributed by atoms with Crippen molar-refractivity contribution in [2.24, 2.45) is 10.4 Å². The standard InChI is InChI=1S/C15H22FN3/c1-15(2)8-9-19(11-15)14(17-3)18-10-12-4-6-13(16)7-5-12/h4-7H,8-11H2,1-3H3,(H,17,18). The molecule has 0 atom stereocenters. The lowest BCUT2D eigenvalue weighted by molar-refractivity contribution is 0.370. The molecule has 1 aliphatic heterocycles. The van der Waals surface area contributed by atoms with Gasteiger partial charge in [-0.25, -0.2) is 4.39 Å². The van der Waals surface area contributed by atoms with Gasteiger partial charge in [0.25, 0.3) is 0 Å². The largest absolute Gasteiger partial charge is 0.352 e. The van der Waals surface area contributed by atoms with Gasteiger partial charge in [0.2, 0.25) is 0 Å². The Morgan fingerprint density at radius 3 is 2.58 bits per heavy atom. The lowest BCUT2D eigenvalue weighted by atomic mass is 9.93. The number of likely N-dealkylation sites (tertiary alicyclic amines) is 1. The molecule has 1 fully saturated rings. The van der Waals surface area contributed by atoms with Gasteiger partial charge in [-0.3, -0.25) is 4.99 Å². The minimum atomic E-state index is -0.200. The highest BCUT2D eigenvalue weighted by Crippen LogP contribution is 2.28. The molecular weight excluding hydrogens is 241 g/mol. The summed E-state index contributed by atoms with van der Waals surface area (Å²) in [4.78, 5) is 6.61. The number of aliphatic imine (C=N–C) groups is 1. The first kappa shape index (κ1) is 13.8. The Kier molecular flexibility index (Phi) is 4.08. The van der Waals surface area contributed by atoms with E-state index in [4.69, 9.17) is 0 Å². The monoisotopic (exact) mass is 263 g/mol. The molecule has 4 heteroatoms. The topological polar surface area (TPSA) is 27.6 Å². The summed E-state index contributed by atoms with van der Waals surface area (Å²) in [6, 6.07) is 6.56. The van der Waals surface area contributed by atoms with Gasteiger partial charge in [0.1, 0.15) is 5.82 Å². The van der Waals surface area contributed by atoms with Crippen molar-refractivity contribution in [1.29, 1.82) is 0 Å². The average molecular weight is 263 g/mol. The minimum Gasteiger partial charge on any atom is -0.352 e. The molecule has 1 heterocycles. The molecule has 104 valence electrons. The van der Waals surface area contributed by atoms with Crippen LogP contribution in [0.2, 0.25) is 0 Å². The Morgan fingerprint density at radius 1 is 1.37 bits per heavy atom. The molecule has 1 aromatic rings. The molecule has 1 aliphatic rings. The van der Waals surface area contributed by atoms with Gasteiger partial charge in [0, 0.05) is 26.7 Å². The van der Waals surface area contributed by atoms with Crippen LogP contribution < -0.4 is 5.32 Å². The van der Waals surface area contributed by atoms with Crippen molar-refractivity contribution in [3.63, 3.8) is 0 Å². The molecule has 19 heavy (non-hydrogen) atoms. The fourth-order valence-electron chi connectivity index (χ4n) is 2.41. The van der Waals surface area contributed by atoms with Crippen LogP contribution in [-0.2, 0) is 6.54 Å². The SMILES string of the molecule is CN=C(NCc1ccc(F)cc1)N1CCC(C)(C)C1. The molecule has 2 rings (SSSR count). The molecule has 0 saturated carbocycles. The predicted molar refractivity (Wildman–Crippen MR) is 76.6 cm³/mol. The highest BCUT2D eigenvalue weighted by Gasteiger charge is 2.30. The van der Waals surface area contributed by atoms with E-state index < -0.39 is 0 Å². The van der Waals surface area contributed by atoms with Crippen molar-refractivity contribution in [2.75, 3.05) is 20.1 Å². The smallest absolute Gasteiger partial charge is 0.193 e. The van der Waals surface area contributed by atoms with Crippen molar-refractivity contribution in [1.82, 2.24) is 10.2 Å². The van der Waals surface area contributed by atoms with Crippen LogP contribution >= 0.6 is 0 Å². The van der Waals surface area contributed by atoms with Crippen LogP contribution in [0, 0.1) is 11.2 Å². The zero-order chi connectivity index (χ0) is 13.9. The fourth-order valence-corrected chi connectivity index (χ4v) is 2.41. The van der Waals surface area contributed by atoms with E-state index in [-0.39, 0.29) is 5.82 Å². The summed E-state index contributed by atoms with van der Waals surface area (Å²) < 4.78 is 12.8. The molecule has 0 spiro atoms. The van der Waals surface area contributed by atoms with Gasteiger partial charge < -0.3 is 10.2 Å². The molecule has 1 aromatic carbocycles. The van der Waals surface area contributed by atoms with E-state index in [1.165, 1.54) is 18.6 Å². The Bertz CT molecular complexity index is 451. The van der Waals surface area contributed by atoms with E-state index in [1.54, 1.807) is 19.2 Å². The predicted octanol–water partition coefficient (Wildman–Crippen LogP) is 2.63. The molecular formula is C15H22FN3. The molecule has 0 bridgehead atoms. The first-order chi connectivity index (χ1) is 9.00. The molecule has 0 aliphatic carbocycles. The molecule has 0 radical (unpaired) electrons. The highest BCUT2D eigenvalue weighted by molar-refractivity contribution is 5.80. The van der Waals surface area contributed by atoms with Gasteiger partial charge in [-0.2, -0.15) is 0 Å². The number of nitrogens with one attached hydrogen (secondary N) is 1. The Balaban J connectivity index is 1.92. The van der Waals surface area contributed by atoms with Crippen LogP contribution in [0.1, 0.15) is 25.8 Å². The van der Waals surface area contributed by atoms with Crippen LogP contribution in [0.25, 0.3) is 0 Å². The Labute approximate surface area is 114 Å². The van der Waals surface area contributed by atoms with E-state index in [2.05, 4.69) is 29.1 Å². The van der Waals surface area contributed by atoms with Crippen LogP contribution in [0.4, 0.5) is 4.39 Å². The Hall–Kier alpha value is -1.58. The summed E-state index contributed by atoms with van der Waals surface area (Å²) in [6.45, 7) is 7.29. The third kappa shape index (κ3) is 3.69. The lowest BCUT2D eigenvalue weighted by Gasteiger charge is -2.23. The maximum atomic E-state index is 12.8. The van der Waals surface area contributed by atoms with E-state index in [1.807, 2.05) is 0 Å². The maximum absolute atomic E-state index is 12.8. The summed E-state index contributed by atoms with van der Waals surface area (Å²) in [5.41, 5.74) is 1.41. The van der Waals surface area contributed by atoms with Crippen LogP contribution in [0.5, 0.6) is 0 Å². The van der Waals surface area contributed by atoms with Gasteiger partial charge in [-0.05, 0) is 29.5 Å². The summed E-state index contributed by atoms with van der Waals surface area (Å²) in [6.07, 6.45) is 1.18. The summed E-state index contributed by atoms with van der Waals surface area (Å²) in [7, 11) is 1.80. The van der Waals surface area contributed by atoms with Gasteiger partial charge in [-0.1, -0.05) is 26.0 Å². The highest BCUT2D eigenvalue weighted by atomic mass is 19.1. The zero-order valence-corrected chi connectivity index (χ0v) is 11.9. The van der Waals surface area contributed by atoms with E-state index in [9.17, 15) is 4.39 Å². The molecule has 1 saturated heterocycles. The van der Waals surface area contributed by atoms with Crippen LogP contribution in [0.15, 0.2) is 29.3 Å². The van der Waals surface area contributed by atoms with Gasteiger partial charge in [0.05, 0.1) is 0 Å². The second-order valence-corrected chi connectivity index (χ2v) is 5.86. The first-order valence-corrected chi connectivity index (χ1v) is 6.70. The summed E-state index contributed by atoms with van der Waals surface area (Å²) in [5.74, 6) is 0.726. The third-order valence-corrected chi connectivity index (χ3v) is 3.55. The second-order valence-electron chi connectivity index (χ2n) is 5.86. The normalized spacial score (nSPS) is 18.7. The van der Waals surface area contributed by atoms with Gasteiger partial charge in [0.15, 0.2) is 5.96 Å². The lowest BCUT2D eigenvalue weighted by Crippen LogP contribution is -2.40. The minimum absolute atomic E-state index is 0.200. The summed E-state index contributed by atoms with van der Waals surface area (Å²) >= 11 is 0. The first-order valence-electron chi connectivity index (χ1n) is 6.70. The van der Waals surface area contributed by atoms with Crippen molar-refractivity contribution >= 4 is 5.96 Å². The van der Waals surface area contributed by atoms with Crippen molar-refractivity contribution < 1.29 is 4.39 Å². The quantitative estimate of drug-likeness (QED) is 0.656. The molecule has 0 aromatic heterocycles. The molecule has 3 nitrogen and oxygen atoms in total. The molecule has 0 amide bonds. The maximum Gasteiger partial charge on any atom is 0.193 e. The molecule has 1 N–H and O–H groups in total. The van der Waals surface area contributed by atoms with Crippen molar-refractivity contribution in [3.05, 3.63) is 35.6 Å². The van der Waals surface area contributed by atoms with Gasteiger partial charge >= 0.3 is 0 Å². The molecule has 0 unspecified atom stereocenters. The van der Waals surface area contributed by atoms with Crippen LogP contribution in [-0.4, -0.2) is 31.0 Å². The number of hydrogen-bond acceptors (Lipinski definition) is 1. The van der Waals surface area contributed by atoms with E-state index in [0.29, 0.717) is 12.0 Å². The van der Waals surface area contributed by atoms with Crippen LogP contribution in [0.3, 0.4) is 0 Å². The number of halogens is 1. The van der Waals surface area contributed by atoms with Gasteiger partial charge in [-0.15, -0.1) is 0 Å².